The van der Waals surface area contributed by atoms with Crippen LogP contribution in [0.4, 0.5) is 13.2 Å². The van der Waals surface area contributed by atoms with E-state index in [9.17, 15) is 22.8 Å². The summed E-state index contributed by atoms with van der Waals surface area (Å²) >= 11 is 0. The first-order chi connectivity index (χ1) is 14.8. The van der Waals surface area contributed by atoms with Gasteiger partial charge in [-0.1, -0.05) is 60.7 Å². The van der Waals surface area contributed by atoms with Gasteiger partial charge in [-0.2, -0.15) is 13.2 Å². The lowest BCUT2D eigenvalue weighted by Crippen LogP contribution is -2.41. The van der Waals surface area contributed by atoms with E-state index in [1.165, 1.54) is 13.8 Å². The Labute approximate surface area is 178 Å². The summed E-state index contributed by atoms with van der Waals surface area (Å²) in [6.45, 7) is 2.78. The van der Waals surface area contributed by atoms with Gasteiger partial charge >= 0.3 is 18.1 Å². The van der Waals surface area contributed by atoms with Crippen molar-refractivity contribution in [2.24, 2.45) is 10.9 Å². The number of ether oxygens (including phenoxy) is 2. The van der Waals surface area contributed by atoms with E-state index in [2.05, 4.69) is 4.99 Å². The zero-order valence-electron chi connectivity index (χ0n) is 17.3. The number of hydrogen-bond acceptors (Lipinski definition) is 5. The van der Waals surface area contributed by atoms with E-state index in [-0.39, 0.29) is 18.9 Å². The van der Waals surface area contributed by atoms with E-state index >= 15 is 0 Å². The summed E-state index contributed by atoms with van der Waals surface area (Å²) in [5.41, 5.74) is 1.25. The highest BCUT2D eigenvalue weighted by molar-refractivity contribution is 6.13. The van der Waals surface area contributed by atoms with E-state index in [1.807, 2.05) is 0 Å². The van der Waals surface area contributed by atoms with E-state index in [4.69, 9.17) is 9.47 Å². The summed E-state index contributed by atoms with van der Waals surface area (Å²) in [6, 6.07) is 15.1. The Morgan fingerprint density at radius 2 is 1.35 bits per heavy atom. The summed E-state index contributed by atoms with van der Waals surface area (Å²) in [5, 5.41) is 0. The van der Waals surface area contributed by atoms with Crippen molar-refractivity contribution in [3.63, 3.8) is 0 Å². The molecule has 0 aliphatic heterocycles. The number of hydrogen-bond donors (Lipinski definition) is 0. The highest BCUT2D eigenvalue weighted by Gasteiger charge is 2.49. The van der Waals surface area contributed by atoms with Crippen LogP contribution in [-0.2, 0) is 19.1 Å². The molecule has 5 nitrogen and oxygen atoms in total. The minimum absolute atomic E-state index is 0.0734. The number of esters is 2. The van der Waals surface area contributed by atoms with E-state index in [0.717, 1.165) is 0 Å². The third kappa shape index (κ3) is 6.94. The van der Waals surface area contributed by atoms with Crippen molar-refractivity contribution in [1.82, 2.24) is 0 Å². The van der Waals surface area contributed by atoms with Crippen molar-refractivity contribution in [3.05, 3.63) is 71.8 Å². The largest absolute Gasteiger partial charge is 0.466 e. The Morgan fingerprint density at radius 3 is 1.77 bits per heavy atom. The van der Waals surface area contributed by atoms with Gasteiger partial charge in [-0.15, -0.1) is 0 Å². The monoisotopic (exact) mass is 435 g/mol. The molecule has 0 saturated heterocycles. The van der Waals surface area contributed by atoms with Crippen molar-refractivity contribution >= 4 is 17.7 Å². The van der Waals surface area contributed by atoms with Crippen molar-refractivity contribution < 1.29 is 32.2 Å². The van der Waals surface area contributed by atoms with Gasteiger partial charge in [0.25, 0.3) is 0 Å². The molecule has 0 fully saturated rings. The lowest BCUT2D eigenvalue weighted by atomic mass is 9.94. The fourth-order valence-corrected chi connectivity index (χ4v) is 2.99. The van der Waals surface area contributed by atoms with Crippen molar-refractivity contribution in [2.45, 2.75) is 32.5 Å². The minimum atomic E-state index is -4.88. The topological polar surface area (TPSA) is 65.0 Å². The Kier molecular flexibility index (Phi) is 8.78. The molecule has 0 aromatic heterocycles. The first kappa shape index (κ1) is 24.1. The van der Waals surface area contributed by atoms with Crippen molar-refractivity contribution in [2.75, 3.05) is 13.2 Å². The fourth-order valence-electron chi connectivity index (χ4n) is 2.99. The second kappa shape index (κ2) is 11.3. The first-order valence-corrected chi connectivity index (χ1v) is 9.85. The number of aliphatic imine (C=N–C) groups is 1. The highest BCUT2D eigenvalue weighted by atomic mass is 19.4. The third-order valence-corrected chi connectivity index (χ3v) is 4.38. The first-order valence-electron chi connectivity index (χ1n) is 9.85. The molecule has 0 unspecified atom stereocenters. The molecule has 0 radical (unpaired) electrons. The maximum atomic E-state index is 13.9. The van der Waals surface area contributed by atoms with Crippen LogP contribution in [-0.4, -0.2) is 43.1 Å². The molecule has 2 aromatic rings. The predicted molar refractivity (Wildman–Crippen MR) is 110 cm³/mol. The SMILES string of the molecule is CCOC(=O)C[C@@H]([C@H](N=C(c1ccccc1)c1ccccc1)C(=O)OCC)C(F)(F)F. The fraction of sp³-hybridized carbons (Fsp3) is 0.348. The molecule has 0 N–H and O–H groups in total. The molecule has 0 spiro atoms. The molecular formula is C23H24F3NO4. The van der Waals surface area contributed by atoms with Crippen LogP contribution in [0.15, 0.2) is 65.7 Å². The number of rotatable bonds is 9. The molecule has 166 valence electrons. The zero-order chi connectivity index (χ0) is 22.9. The predicted octanol–water partition coefficient (Wildman–Crippen LogP) is 4.59. The van der Waals surface area contributed by atoms with E-state index in [0.29, 0.717) is 11.1 Å². The summed E-state index contributed by atoms with van der Waals surface area (Å²) in [6.07, 6.45) is -5.92. The van der Waals surface area contributed by atoms with Crippen LogP contribution >= 0.6 is 0 Å². The van der Waals surface area contributed by atoms with Gasteiger partial charge in [-0.3, -0.25) is 9.79 Å². The quantitative estimate of drug-likeness (QED) is 0.427. The molecule has 0 aliphatic carbocycles. The van der Waals surface area contributed by atoms with E-state index < -0.39 is 36.5 Å². The summed E-state index contributed by atoms with van der Waals surface area (Å²) in [5.74, 6) is -4.61. The van der Waals surface area contributed by atoms with Crippen LogP contribution in [0.2, 0.25) is 0 Å². The van der Waals surface area contributed by atoms with E-state index in [1.54, 1.807) is 60.7 Å². The van der Waals surface area contributed by atoms with Gasteiger partial charge in [0, 0.05) is 11.1 Å². The summed E-state index contributed by atoms with van der Waals surface area (Å²) < 4.78 is 51.4. The number of carbonyl (C=O) groups excluding carboxylic acids is 2. The zero-order valence-corrected chi connectivity index (χ0v) is 17.3. The van der Waals surface area contributed by atoms with Crippen LogP contribution in [0, 0.1) is 5.92 Å². The highest BCUT2D eigenvalue weighted by Crippen LogP contribution is 2.34. The number of halogens is 3. The average molecular weight is 435 g/mol. The lowest BCUT2D eigenvalue weighted by molar-refractivity contribution is -0.194. The van der Waals surface area contributed by atoms with Gasteiger partial charge in [0.15, 0.2) is 6.04 Å². The standard InChI is InChI=1S/C23H24F3NO4/c1-3-30-19(28)15-18(23(24,25)26)21(22(29)31-4-2)27-20(16-11-7-5-8-12-16)17-13-9-6-10-14-17/h5-14,18,21H,3-4,15H2,1-2H3/t18-,21-/m0/s1. The maximum Gasteiger partial charge on any atom is 0.395 e. The molecule has 31 heavy (non-hydrogen) atoms. The van der Waals surface area contributed by atoms with Gasteiger partial charge in [0.05, 0.1) is 31.3 Å². The Hall–Kier alpha value is -3.16. The number of benzene rings is 2. The Morgan fingerprint density at radius 1 is 0.871 bits per heavy atom. The van der Waals surface area contributed by atoms with Gasteiger partial charge in [-0.05, 0) is 13.8 Å². The third-order valence-electron chi connectivity index (χ3n) is 4.38. The molecule has 0 saturated carbocycles. The van der Waals surface area contributed by atoms with Crippen LogP contribution in [0.3, 0.4) is 0 Å². The molecular weight excluding hydrogens is 411 g/mol. The molecule has 2 aromatic carbocycles. The number of carbonyl (C=O) groups is 2. The van der Waals surface area contributed by atoms with Crippen LogP contribution in [0.25, 0.3) is 0 Å². The Balaban J connectivity index is 2.63. The van der Waals surface area contributed by atoms with Gasteiger partial charge in [-0.25, -0.2) is 4.79 Å². The van der Waals surface area contributed by atoms with Crippen LogP contribution in [0.5, 0.6) is 0 Å². The molecule has 0 aliphatic rings. The minimum Gasteiger partial charge on any atom is -0.466 e. The molecule has 0 heterocycles. The van der Waals surface area contributed by atoms with Crippen LogP contribution < -0.4 is 0 Å². The Bertz CT molecular complexity index is 841. The van der Waals surface area contributed by atoms with Gasteiger partial charge in [0.2, 0.25) is 0 Å². The lowest BCUT2D eigenvalue weighted by Gasteiger charge is -2.25. The molecule has 0 bridgehead atoms. The molecule has 2 atom stereocenters. The summed E-state index contributed by atoms with van der Waals surface area (Å²) in [4.78, 5) is 28.7. The molecule has 2 rings (SSSR count). The average Bonchev–Trinajstić information content (AvgIpc) is 2.74. The van der Waals surface area contributed by atoms with Crippen LogP contribution in [0.1, 0.15) is 31.4 Å². The maximum absolute atomic E-state index is 13.9. The van der Waals surface area contributed by atoms with Gasteiger partial charge in [0.1, 0.15) is 0 Å². The second-order valence-corrected chi connectivity index (χ2v) is 6.56. The molecule has 0 amide bonds. The normalized spacial score (nSPS) is 13.1. The number of alkyl halides is 3. The number of nitrogens with zero attached hydrogens (tertiary/aromatic N) is 1. The van der Waals surface area contributed by atoms with Crippen molar-refractivity contribution in [3.8, 4) is 0 Å². The smallest absolute Gasteiger partial charge is 0.395 e. The summed E-state index contributed by atoms with van der Waals surface area (Å²) in [7, 11) is 0. The molecule has 8 heteroatoms. The van der Waals surface area contributed by atoms with Crippen molar-refractivity contribution in [1.29, 1.82) is 0 Å². The second-order valence-electron chi connectivity index (χ2n) is 6.56. The van der Waals surface area contributed by atoms with Gasteiger partial charge < -0.3 is 9.47 Å².